The van der Waals surface area contributed by atoms with Gasteiger partial charge in [0.2, 0.25) is 0 Å². The van der Waals surface area contributed by atoms with Gasteiger partial charge in [0.15, 0.2) is 0 Å². The van der Waals surface area contributed by atoms with Crippen molar-refractivity contribution in [2.24, 2.45) is 0 Å². The van der Waals surface area contributed by atoms with Crippen molar-refractivity contribution in [2.45, 2.75) is 104 Å². The molecule has 0 saturated heterocycles. The fourth-order valence-corrected chi connectivity index (χ4v) is 3.54. The Morgan fingerprint density at radius 1 is 0.815 bits per heavy atom. The lowest BCUT2D eigenvalue weighted by atomic mass is 10.0. The fraction of sp³-hybridized carbons (Fsp3) is 0.708. The van der Waals surface area contributed by atoms with Crippen LogP contribution < -0.4 is 5.32 Å². The van der Waals surface area contributed by atoms with Gasteiger partial charge in [0.1, 0.15) is 0 Å². The van der Waals surface area contributed by atoms with E-state index in [9.17, 15) is 4.79 Å². The van der Waals surface area contributed by atoms with Crippen LogP contribution in [0.1, 0.15) is 113 Å². The first-order valence-electron chi connectivity index (χ1n) is 11.2. The second-order valence-corrected chi connectivity index (χ2v) is 7.86. The van der Waals surface area contributed by atoms with Gasteiger partial charge in [-0.25, -0.2) is 4.79 Å². The Morgan fingerprint density at radius 3 is 1.74 bits per heavy atom. The number of benzene rings is 1. The number of nitrogens with one attached hydrogen (secondary N) is 1. The minimum atomic E-state index is -0.864. The monoisotopic (exact) mass is 375 g/mol. The number of rotatable bonds is 17. The average Bonchev–Trinajstić information content (AvgIpc) is 2.65. The van der Waals surface area contributed by atoms with E-state index in [1.807, 2.05) is 13.0 Å². The smallest absolute Gasteiger partial charge is 0.335 e. The van der Waals surface area contributed by atoms with Crippen molar-refractivity contribution < 1.29 is 9.90 Å². The lowest BCUT2D eigenvalue weighted by Gasteiger charge is -2.10. The van der Waals surface area contributed by atoms with Gasteiger partial charge in [-0.3, -0.25) is 0 Å². The molecule has 0 aliphatic carbocycles. The molecule has 0 saturated carbocycles. The van der Waals surface area contributed by atoms with Crippen molar-refractivity contribution in [1.29, 1.82) is 0 Å². The summed E-state index contributed by atoms with van der Waals surface area (Å²) in [6.07, 6.45) is 19.3. The Labute approximate surface area is 167 Å². The van der Waals surface area contributed by atoms with Crippen LogP contribution in [0.2, 0.25) is 0 Å². The molecule has 0 spiro atoms. The largest absolute Gasteiger partial charge is 0.478 e. The van der Waals surface area contributed by atoms with E-state index in [-0.39, 0.29) is 0 Å². The molecule has 0 bridgehead atoms. The van der Waals surface area contributed by atoms with Gasteiger partial charge >= 0.3 is 5.97 Å². The van der Waals surface area contributed by atoms with Crippen LogP contribution in [0.15, 0.2) is 18.2 Å². The molecule has 1 aromatic carbocycles. The number of anilines is 1. The summed E-state index contributed by atoms with van der Waals surface area (Å²) in [6.45, 7) is 5.20. The van der Waals surface area contributed by atoms with Gasteiger partial charge in [-0.2, -0.15) is 0 Å². The normalized spacial score (nSPS) is 10.9. The molecule has 2 N–H and O–H groups in total. The van der Waals surface area contributed by atoms with Crippen molar-refractivity contribution in [2.75, 3.05) is 11.9 Å². The molecule has 1 aromatic rings. The van der Waals surface area contributed by atoms with E-state index in [0.717, 1.165) is 17.8 Å². The minimum absolute atomic E-state index is 0.356. The Balaban J connectivity index is 1.90. The molecule has 0 aliphatic rings. The van der Waals surface area contributed by atoms with Gasteiger partial charge in [0, 0.05) is 12.2 Å². The summed E-state index contributed by atoms with van der Waals surface area (Å²) in [7, 11) is 0. The standard InChI is InChI=1S/C24H41NO2/c1-3-4-5-6-7-8-9-10-11-12-13-14-15-16-19-25-23-18-17-22(24(26)27)20-21(23)2/h17-18,20,25H,3-16,19H2,1-2H3,(H,26,27). The highest BCUT2D eigenvalue weighted by atomic mass is 16.4. The Bertz CT molecular complexity index is 513. The molecule has 0 atom stereocenters. The van der Waals surface area contributed by atoms with Crippen molar-refractivity contribution in [3.8, 4) is 0 Å². The summed E-state index contributed by atoms with van der Waals surface area (Å²) in [4.78, 5) is 11.0. The molecule has 154 valence electrons. The van der Waals surface area contributed by atoms with Gasteiger partial charge in [-0.05, 0) is 37.1 Å². The van der Waals surface area contributed by atoms with Crippen molar-refractivity contribution in [3.63, 3.8) is 0 Å². The average molecular weight is 376 g/mol. The maximum absolute atomic E-state index is 11.0. The van der Waals surface area contributed by atoms with Crippen LogP contribution in [0.25, 0.3) is 0 Å². The summed E-state index contributed by atoms with van der Waals surface area (Å²) in [6, 6.07) is 5.28. The van der Waals surface area contributed by atoms with Crippen LogP contribution >= 0.6 is 0 Å². The Morgan fingerprint density at radius 2 is 1.30 bits per heavy atom. The number of carbonyl (C=O) groups is 1. The molecule has 0 unspecified atom stereocenters. The predicted octanol–water partition coefficient (Wildman–Crippen LogP) is 7.59. The van der Waals surface area contributed by atoms with E-state index in [0.29, 0.717) is 5.56 Å². The van der Waals surface area contributed by atoms with Crippen LogP contribution in [-0.4, -0.2) is 17.6 Å². The van der Waals surface area contributed by atoms with Crippen LogP contribution in [0.3, 0.4) is 0 Å². The van der Waals surface area contributed by atoms with Gasteiger partial charge in [0.05, 0.1) is 5.56 Å². The minimum Gasteiger partial charge on any atom is -0.478 e. The number of unbranched alkanes of at least 4 members (excludes halogenated alkanes) is 13. The number of hydrogen-bond acceptors (Lipinski definition) is 2. The fourth-order valence-electron chi connectivity index (χ4n) is 3.54. The third-order valence-electron chi connectivity index (χ3n) is 5.32. The second kappa shape index (κ2) is 15.5. The van der Waals surface area contributed by atoms with Crippen molar-refractivity contribution >= 4 is 11.7 Å². The summed E-state index contributed by atoms with van der Waals surface area (Å²) >= 11 is 0. The highest BCUT2D eigenvalue weighted by Gasteiger charge is 2.05. The lowest BCUT2D eigenvalue weighted by Crippen LogP contribution is -2.04. The molecule has 27 heavy (non-hydrogen) atoms. The molecule has 1 rings (SSSR count). The van der Waals surface area contributed by atoms with E-state index < -0.39 is 5.97 Å². The zero-order valence-electron chi connectivity index (χ0n) is 17.7. The van der Waals surface area contributed by atoms with Gasteiger partial charge in [0.25, 0.3) is 0 Å². The third-order valence-corrected chi connectivity index (χ3v) is 5.32. The van der Waals surface area contributed by atoms with Crippen molar-refractivity contribution in [3.05, 3.63) is 29.3 Å². The zero-order chi connectivity index (χ0) is 19.7. The number of hydrogen-bond donors (Lipinski definition) is 2. The van der Waals surface area contributed by atoms with Gasteiger partial charge in [-0.15, -0.1) is 0 Å². The van der Waals surface area contributed by atoms with Crippen LogP contribution in [0.4, 0.5) is 5.69 Å². The predicted molar refractivity (Wildman–Crippen MR) is 117 cm³/mol. The Kier molecular flexibility index (Phi) is 13.5. The first-order valence-corrected chi connectivity index (χ1v) is 11.2. The number of carboxylic acid groups (broad SMARTS) is 1. The van der Waals surface area contributed by atoms with Gasteiger partial charge in [-0.1, -0.05) is 90.4 Å². The molecule has 0 amide bonds. The van der Waals surface area contributed by atoms with E-state index in [2.05, 4.69) is 12.2 Å². The maximum Gasteiger partial charge on any atom is 0.335 e. The molecular weight excluding hydrogens is 334 g/mol. The topological polar surface area (TPSA) is 49.3 Å². The SMILES string of the molecule is CCCCCCCCCCCCCCCCNc1ccc(C(=O)O)cc1C. The van der Waals surface area contributed by atoms with E-state index in [1.165, 1.54) is 89.9 Å². The highest BCUT2D eigenvalue weighted by molar-refractivity contribution is 5.88. The molecule has 0 fully saturated rings. The first-order chi connectivity index (χ1) is 13.1. The first kappa shape index (κ1) is 23.5. The molecule has 0 aromatic heterocycles. The zero-order valence-corrected chi connectivity index (χ0v) is 17.7. The van der Waals surface area contributed by atoms with E-state index in [1.54, 1.807) is 12.1 Å². The van der Waals surface area contributed by atoms with Crippen LogP contribution in [0, 0.1) is 6.92 Å². The maximum atomic E-state index is 11.0. The number of carboxylic acids is 1. The van der Waals surface area contributed by atoms with Crippen LogP contribution in [-0.2, 0) is 0 Å². The van der Waals surface area contributed by atoms with Crippen LogP contribution in [0.5, 0.6) is 0 Å². The Hall–Kier alpha value is -1.51. The summed E-state index contributed by atoms with van der Waals surface area (Å²) in [5.74, 6) is -0.864. The lowest BCUT2D eigenvalue weighted by molar-refractivity contribution is 0.0697. The van der Waals surface area contributed by atoms with Gasteiger partial charge < -0.3 is 10.4 Å². The summed E-state index contributed by atoms with van der Waals surface area (Å²) in [5, 5.41) is 12.4. The molecule has 3 nitrogen and oxygen atoms in total. The summed E-state index contributed by atoms with van der Waals surface area (Å²) < 4.78 is 0. The molecule has 0 radical (unpaired) electrons. The van der Waals surface area contributed by atoms with Crippen molar-refractivity contribution in [1.82, 2.24) is 0 Å². The quantitative estimate of drug-likeness (QED) is 0.276. The molecule has 0 aliphatic heterocycles. The number of aryl methyl sites for hydroxylation is 1. The molecular formula is C24H41NO2. The second-order valence-electron chi connectivity index (χ2n) is 7.86. The van der Waals surface area contributed by atoms with E-state index >= 15 is 0 Å². The summed E-state index contributed by atoms with van der Waals surface area (Å²) in [5.41, 5.74) is 2.41. The molecule has 0 heterocycles. The molecule has 3 heteroatoms. The number of aromatic carboxylic acids is 1. The highest BCUT2D eigenvalue weighted by Crippen LogP contribution is 2.17. The third kappa shape index (κ3) is 11.7. The van der Waals surface area contributed by atoms with E-state index in [4.69, 9.17) is 5.11 Å².